The van der Waals surface area contributed by atoms with E-state index in [9.17, 15) is 4.39 Å². The molecule has 12 heteroatoms. The van der Waals surface area contributed by atoms with E-state index in [4.69, 9.17) is 14.0 Å². The van der Waals surface area contributed by atoms with Crippen LogP contribution >= 0.6 is 0 Å². The number of ether oxygens (including phenoxy) is 2. The van der Waals surface area contributed by atoms with Crippen LogP contribution in [0.1, 0.15) is 25.4 Å². The maximum Gasteiger partial charge on any atom is 0.241 e. The van der Waals surface area contributed by atoms with Gasteiger partial charge in [-0.15, -0.1) is 0 Å². The van der Waals surface area contributed by atoms with Crippen molar-refractivity contribution in [3.05, 3.63) is 48.3 Å². The van der Waals surface area contributed by atoms with Crippen LogP contribution in [-0.4, -0.2) is 71.4 Å². The maximum atomic E-state index is 14.0. The molecule has 3 aromatic heterocycles. The highest BCUT2D eigenvalue weighted by atomic mass is 19.1. The fraction of sp³-hybridized carbons (Fsp3) is 0.409. The van der Waals surface area contributed by atoms with Gasteiger partial charge in [-0.1, -0.05) is 5.16 Å². The number of nitrogens with zero attached hydrogens (tertiary/aromatic N) is 8. The number of hydrogen-bond donors (Lipinski definition) is 0. The Morgan fingerprint density at radius 2 is 2.15 bits per heavy atom. The molecule has 0 spiro atoms. The van der Waals surface area contributed by atoms with E-state index < -0.39 is 5.79 Å². The van der Waals surface area contributed by atoms with Gasteiger partial charge in [0.2, 0.25) is 11.7 Å². The van der Waals surface area contributed by atoms with Crippen LogP contribution in [-0.2, 0) is 22.6 Å². The topological polar surface area (TPSA) is 109 Å². The summed E-state index contributed by atoms with van der Waals surface area (Å²) in [6.07, 6.45) is 3.11. The zero-order chi connectivity index (χ0) is 23.4. The van der Waals surface area contributed by atoms with Crippen molar-refractivity contribution in [2.75, 3.05) is 20.2 Å². The van der Waals surface area contributed by atoms with E-state index in [2.05, 4.69) is 25.2 Å². The Balaban J connectivity index is 1.27. The Morgan fingerprint density at radius 3 is 2.97 bits per heavy atom. The third-order valence-electron chi connectivity index (χ3n) is 5.91. The van der Waals surface area contributed by atoms with Gasteiger partial charge in [0.25, 0.3) is 0 Å². The fourth-order valence-electron chi connectivity index (χ4n) is 4.46. The molecular weight excluding hydrogens is 443 g/mol. The lowest BCUT2D eigenvalue weighted by atomic mass is 10.1. The smallest absolute Gasteiger partial charge is 0.241 e. The van der Waals surface area contributed by atoms with Crippen molar-refractivity contribution in [1.29, 1.82) is 0 Å². The highest BCUT2D eigenvalue weighted by Gasteiger charge is 2.33. The number of aromatic nitrogens is 7. The molecule has 0 amide bonds. The summed E-state index contributed by atoms with van der Waals surface area (Å²) in [6.45, 7) is 5.86. The molecule has 34 heavy (non-hydrogen) atoms. The normalized spacial score (nSPS) is 18.6. The van der Waals surface area contributed by atoms with Crippen LogP contribution in [0.2, 0.25) is 0 Å². The van der Waals surface area contributed by atoms with E-state index in [0.29, 0.717) is 55.0 Å². The Bertz CT molecular complexity index is 1360. The highest BCUT2D eigenvalue weighted by molar-refractivity contribution is 5.70. The first-order chi connectivity index (χ1) is 16.4. The Labute approximate surface area is 194 Å². The van der Waals surface area contributed by atoms with Crippen molar-refractivity contribution in [2.24, 2.45) is 0 Å². The van der Waals surface area contributed by atoms with Gasteiger partial charge in [-0.2, -0.15) is 10.1 Å². The second-order valence-electron chi connectivity index (χ2n) is 8.97. The van der Waals surface area contributed by atoms with E-state index in [1.807, 2.05) is 30.4 Å². The number of hydrogen-bond acceptors (Lipinski definition) is 9. The van der Waals surface area contributed by atoms with Gasteiger partial charge in [0.15, 0.2) is 11.6 Å². The molecule has 1 aromatic carbocycles. The first-order valence-electron chi connectivity index (χ1n) is 10.9. The predicted molar refractivity (Wildman–Crippen MR) is 116 cm³/mol. The molecule has 1 saturated heterocycles. The van der Waals surface area contributed by atoms with Crippen molar-refractivity contribution in [2.45, 2.75) is 38.8 Å². The minimum absolute atomic E-state index is 0.0203. The quantitative estimate of drug-likeness (QED) is 0.385. The lowest BCUT2D eigenvalue weighted by Crippen LogP contribution is -2.31. The summed E-state index contributed by atoms with van der Waals surface area (Å²) in [5.41, 5.74) is 2.77. The van der Waals surface area contributed by atoms with Gasteiger partial charge in [-0.05, 0) is 39.1 Å². The van der Waals surface area contributed by atoms with Crippen molar-refractivity contribution >= 4 is 0 Å². The van der Waals surface area contributed by atoms with Gasteiger partial charge in [-0.25, -0.2) is 19.0 Å². The molecule has 1 unspecified atom stereocenters. The lowest BCUT2D eigenvalue weighted by Gasteiger charge is -2.20. The summed E-state index contributed by atoms with van der Waals surface area (Å²) in [7, 11) is 1.96. The number of likely N-dealkylation sites (N-methyl/N-ethyl adjacent to an activating group) is 1. The van der Waals surface area contributed by atoms with Crippen LogP contribution < -0.4 is 0 Å². The molecule has 1 fully saturated rings. The summed E-state index contributed by atoms with van der Waals surface area (Å²) in [6, 6.07) is 4.57. The standard InChI is InChI=1S/C22H23FN8O3/c1-22(2)32-10-14(33-22)7-29(3)9-18-27-20(28-34-18)19-17-8-31-21(24-11-26-31)15-6-13(23)4-5-16(15)30(17)12-25-19/h4-6,11-12,14H,7-10H2,1-3H3. The molecule has 0 bridgehead atoms. The Hall–Kier alpha value is -3.48. The summed E-state index contributed by atoms with van der Waals surface area (Å²) >= 11 is 0. The van der Waals surface area contributed by atoms with Crippen molar-refractivity contribution in [3.8, 4) is 28.6 Å². The Kier molecular flexibility index (Phi) is 4.83. The van der Waals surface area contributed by atoms with E-state index in [1.165, 1.54) is 18.5 Å². The molecule has 0 radical (unpaired) electrons. The van der Waals surface area contributed by atoms with Crippen LogP contribution in [0.5, 0.6) is 0 Å². The molecule has 176 valence electrons. The SMILES string of the molecule is CN(Cc1nc(-c2ncn3c2Cn2ncnc2-c2cc(F)ccc2-3)no1)CC1COC(C)(C)O1. The third kappa shape index (κ3) is 3.69. The van der Waals surface area contributed by atoms with Crippen molar-refractivity contribution < 1.29 is 18.4 Å². The predicted octanol–water partition coefficient (Wildman–Crippen LogP) is 2.26. The van der Waals surface area contributed by atoms with Crippen LogP contribution in [0.3, 0.4) is 0 Å². The average Bonchev–Trinajstić information content (AvgIpc) is 3.56. The Morgan fingerprint density at radius 1 is 1.26 bits per heavy atom. The van der Waals surface area contributed by atoms with Crippen LogP contribution in [0.4, 0.5) is 4.39 Å². The fourth-order valence-corrected chi connectivity index (χ4v) is 4.46. The van der Waals surface area contributed by atoms with Gasteiger partial charge < -0.3 is 14.0 Å². The summed E-state index contributed by atoms with van der Waals surface area (Å²) in [5.74, 6) is 0.528. The molecule has 1 atom stereocenters. The molecule has 6 rings (SSSR count). The molecule has 0 saturated carbocycles. The van der Waals surface area contributed by atoms with Gasteiger partial charge in [0.1, 0.15) is 24.2 Å². The molecule has 5 heterocycles. The summed E-state index contributed by atoms with van der Waals surface area (Å²) in [4.78, 5) is 15.5. The minimum Gasteiger partial charge on any atom is -0.348 e. The maximum absolute atomic E-state index is 14.0. The summed E-state index contributed by atoms with van der Waals surface area (Å²) in [5, 5.41) is 8.48. The van der Waals surface area contributed by atoms with Gasteiger partial charge in [-0.3, -0.25) is 9.47 Å². The van der Waals surface area contributed by atoms with Crippen LogP contribution in [0, 0.1) is 5.82 Å². The number of imidazole rings is 1. The molecule has 0 aliphatic carbocycles. The van der Waals surface area contributed by atoms with Crippen LogP contribution in [0.25, 0.3) is 28.6 Å². The van der Waals surface area contributed by atoms with E-state index in [0.717, 1.165) is 11.4 Å². The minimum atomic E-state index is -0.559. The van der Waals surface area contributed by atoms with Crippen molar-refractivity contribution in [1.82, 2.24) is 39.4 Å². The molecule has 4 aromatic rings. The highest BCUT2D eigenvalue weighted by Crippen LogP contribution is 2.33. The third-order valence-corrected chi connectivity index (χ3v) is 5.91. The molecule has 2 aliphatic rings. The van der Waals surface area contributed by atoms with E-state index in [1.54, 1.807) is 17.1 Å². The first kappa shape index (κ1) is 21.1. The first-order valence-corrected chi connectivity index (χ1v) is 10.9. The average molecular weight is 466 g/mol. The number of fused-ring (bicyclic) bond motifs is 5. The number of halogens is 1. The molecule has 0 N–H and O–H groups in total. The van der Waals surface area contributed by atoms with E-state index >= 15 is 0 Å². The van der Waals surface area contributed by atoms with Crippen molar-refractivity contribution in [3.63, 3.8) is 0 Å². The van der Waals surface area contributed by atoms with Gasteiger partial charge in [0, 0.05) is 12.1 Å². The van der Waals surface area contributed by atoms with Gasteiger partial charge >= 0.3 is 0 Å². The zero-order valence-corrected chi connectivity index (χ0v) is 19.0. The number of benzene rings is 1. The molecular formula is C22H23FN8O3. The second-order valence-corrected chi connectivity index (χ2v) is 8.97. The van der Waals surface area contributed by atoms with Gasteiger partial charge in [0.05, 0.1) is 37.2 Å². The van der Waals surface area contributed by atoms with E-state index in [-0.39, 0.29) is 11.9 Å². The summed E-state index contributed by atoms with van der Waals surface area (Å²) < 4.78 is 34.6. The molecule has 2 aliphatic heterocycles. The zero-order valence-electron chi connectivity index (χ0n) is 19.0. The molecule has 11 nitrogen and oxygen atoms in total. The second kappa shape index (κ2) is 7.79. The largest absolute Gasteiger partial charge is 0.348 e. The number of rotatable bonds is 5. The monoisotopic (exact) mass is 466 g/mol. The lowest BCUT2D eigenvalue weighted by molar-refractivity contribution is -0.140. The van der Waals surface area contributed by atoms with Crippen LogP contribution in [0.15, 0.2) is 35.4 Å².